The lowest BCUT2D eigenvalue weighted by Crippen LogP contribution is -2.54. The molecule has 4 atom stereocenters. The van der Waals surface area contributed by atoms with Crippen LogP contribution in [0.25, 0.3) is 32.9 Å². The Hall–Kier alpha value is -4.90. The second-order valence-electron chi connectivity index (χ2n) is 13.5. The van der Waals surface area contributed by atoms with Gasteiger partial charge in [0.15, 0.2) is 5.82 Å². The van der Waals surface area contributed by atoms with E-state index in [2.05, 4.69) is 16.0 Å². The molecular weight excluding hydrogens is 654 g/mol. The average molecular weight is 699 g/mol. The fourth-order valence-electron chi connectivity index (χ4n) is 7.66. The summed E-state index contributed by atoms with van der Waals surface area (Å²) in [6, 6.07) is 10.1. The van der Waals surface area contributed by atoms with Crippen LogP contribution in [0.5, 0.6) is 5.88 Å². The van der Waals surface area contributed by atoms with Gasteiger partial charge in [-0.25, -0.2) is 19.6 Å². The summed E-state index contributed by atoms with van der Waals surface area (Å²) in [5, 5.41) is 12.3. The number of nitrogens with zero attached hydrogens (tertiary/aromatic N) is 6. The minimum absolute atomic E-state index is 0.0168. The molecule has 0 radical (unpaired) electrons. The number of hydrazine groups is 1. The smallest absolute Gasteiger partial charge is 0.246 e. The van der Waals surface area contributed by atoms with Crippen molar-refractivity contribution in [3.05, 3.63) is 65.9 Å². The van der Waals surface area contributed by atoms with E-state index in [4.69, 9.17) is 26.0 Å². The highest BCUT2D eigenvalue weighted by Crippen LogP contribution is 2.44. The molecule has 2 aliphatic heterocycles. The first-order valence-electron chi connectivity index (χ1n) is 17.2. The Bertz CT molecular complexity index is 2020. The number of benzene rings is 2. The molecule has 2 aliphatic rings. The monoisotopic (exact) mass is 698 g/mol. The summed E-state index contributed by atoms with van der Waals surface area (Å²) in [5.74, 6) is 5.64. The third kappa shape index (κ3) is 6.91. The number of methoxy groups -OCH3 is 1. The van der Waals surface area contributed by atoms with Crippen molar-refractivity contribution in [1.29, 1.82) is 5.26 Å². The van der Waals surface area contributed by atoms with Crippen molar-refractivity contribution in [2.45, 2.75) is 70.2 Å². The lowest BCUT2D eigenvalue weighted by Gasteiger charge is -2.42. The average Bonchev–Trinajstić information content (AvgIpc) is 3.56. The van der Waals surface area contributed by atoms with Gasteiger partial charge in [0.05, 0.1) is 36.7 Å². The van der Waals surface area contributed by atoms with Gasteiger partial charge in [0, 0.05) is 59.6 Å². The number of ether oxygens (including phenoxy) is 2. The summed E-state index contributed by atoms with van der Waals surface area (Å²) in [5.41, 5.74) is 8.36. The molecule has 2 saturated heterocycles. The first-order chi connectivity index (χ1) is 24.5. The number of amides is 1. The predicted octanol–water partition coefficient (Wildman–Crippen LogP) is 5.64. The first kappa shape index (κ1) is 35.9. The van der Waals surface area contributed by atoms with E-state index in [1.807, 2.05) is 14.0 Å². The quantitative estimate of drug-likeness (QED) is 0.121. The van der Waals surface area contributed by atoms with E-state index in [0.29, 0.717) is 53.4 Å². The summed E-state index contributed by atoms with van der Waals surface area (Å²) < 4.78 is 43.4. The maximum atomic E-state index is 17.1. The van der Waals surface area contributed by atoms with Crippen LogP contribution in [0.3, 0.4) is 0 Å². The number of aryl methyl sites for hydroxylation is 1. The van der Waals surface area contributed by atoms with Crippen molar-refractivity contribution in [3.8, 4) is 23.2 Å². The molecule has 1 amide bonds. The summed E-state index contributed by atoms with van der Waals surface area (Å²) >= 11 is 0. The second kappa shape index (κ2) is 15.1. The molecule has 2 aromatic heterocycles. The molecule has 0 saturated carbocycles. The molecule has 13 heteroatoms. The molecule has 2 aromatic carbocycles. The van der Waals surface area contributed by atoms with Gasteiger partial charge < -0.3 is 25.1 Å². The Labute approximate surface area is 296 Å². The van der Waals surface area contributed by atoms with Gasteiger partial charge in [-0.3, -0.25) is 14.7 Å². The van der Waals surface area contributed by atoms with Gasteiger partial charge in [0.1, 0.15) is 23.1 Å². The van der Waals surface area contributed by atoms with Crippen molar-refractivity contribution in [2.75, 3.05) is 44.6 Å². The Morgan fingerprint density at radius 1 is 1.22 bits per heavy atom. The first-order valence-corrected chi connectivity index (χ1v) is 17.2. The van der Waals surface area contributed by atoms with E-state index in [-0.39, 0.29) is 58.9 Å². The number of nitrogen functional groups attached to an aromatic ring is 1. The maximum absolute atomic E-state index is 17.1. The summed E-state index contributed by atoms with van der Waals surface area (Å²) in [7, 11) is 3.59. The fraction of sp³-hybridized carbons (Fsp3) is 0.421. The number of anilines is 2. The predicted molar refractivity (Wildman–Crippen MR) is 194 cm³/mol. The molecule has 3 unspecified atom stereocenters. The van der Waals surface area contributed by atoms with E-state index >= 15 is 4.39 Å². The van der Waals surface area contributed by atoms with Crippen LogP contribution in [0.4, 0.5) is 20.2 Å². The van der Waals surface area contributed by atoms with Crippen molar-refractivity contribution in [3.63, 3.8) is 0 Å². The number of aromatic nitrogens is 2. The van der Waals surface area contributed by atoms with Gasteiger partial charge >= 0.3 is 0 Å². The number of piperidine rings is 1. The number of hydrogen-bond donors (Lipinski definition) is 2. The van der Waals surface area contributed by atoms with Gasteiger partial charge in [0.25, 0.3) is 0 Å². The third-order valence-electron chi connectivity index (χ3n) is 10.3. The molecule has 4 heterocycles. The minimum atomic E-state index is -0.662. The highest BCUT2D eigenvalue weighted by molar-refractivity contribution is 6.04. The highest BCUT2D eigenvalue weighted by atomic mass is 19.1. The molecule has 6 rings (SSSR count). The number of halogens is 2. The zero-order valence-corrected chi connectivity index (χ0v) is 29.4. The van der Waals surface area contributed by atoms with E-state index in [1.165, 1.54) is 11.1 Å². The van der Waals surface area contributed by atoms with Gasteiger partial charge in [-0.05, 0) is 64.8 Å². The molecule has 4 N–H and O–H groups in total. The fourth-order valence-corrected chi connectivity index (χ4v) is 7.66. The number of nitrogens with two attached hydrogens (primary N) is 2. The molecular formula is C38H44F2N8O3. The SMILES string of the molecule is COC/C=C/C(=O)N1CCC(N(N)c2c(N)c(OC(C)C3CCCN3C)nc3c(F)c(-c4ncc(F)c5ccccc45)c(C)cc23)C[C@H]1CC#N. The maximum Gasteiger partial charge on any atom is 0.246 e. The van der Waals surface area contributed by atoms with Crippen LogP contribution in [0.2, 0.25) is 0 Å². The Morgan fingerprint density at radius 2 is 1.98 bits per heavy atom. The van der Waals surface area contributed by atoms with Gasteiger partial charge in [0.2, 0.25) is 11.8 Å². The standard InChI is InChI=1S/C38H44F2N8O3/c1-22-19-28-36(33(40)32(22)35-27-10-6-5-9-26(27)29(39)21-44-35)45-38(51-23(2)30-11-7-16-46(30)3)34(42)37(28)48(43)25-14-17-47(24(20-25)13-15-41)31(49)12-8-18-50-4/h5-6,8-10,12,19,21,23-25,30H,7,11,13-14,16-18,20,42-43H2,1-4H3/b12-8+/t23?,24-,25?,30?/m1/s1. The topological polar surface area (TPSA) is 147 Å². The van der Waals surface area contributed by atoms with Crippen LogP contribution in [0.1, 0.15) is 44.6 Å². The number of nitriles is 1. The number of hydrogen-bond acceptors (Lipinski definition) is 10. The lowest BCUT2D eigenvalue weighted by atomic mass is 9.93. The number of rotatable bonds is 10. The van der Waals surface area contributed by atoms with Crippen LogP contribution in [0, 0.1) is 29.9 Å². The molecule has 2 fully saturated rings. The number of fused-ring (bicyclic) bond motifs is 2. The number of likely N-dealkylation sites (N-methyl/N-ethyl adjacent to an activating group) is 1. The molecule has 0 aliphatic carbocycles. The molecule has 0 bridgehead atoms. The number of pyridine rings is 2. The van der Waals surface area contributed by atoms with Crippen molar-refractivity contribution >= 4 is 39.0 Å². The number of likely N-dealkylation sites (tertiary alicyclic amines) is 2. The van der Waals surface area contributed by atoms with E-state index in [0.717, 1.165) is 25.6 Å². The van der Waals surface area contributed by atoms with Gasteiger partial charge in [-0.2, -0.15) is 5.26 Å². The van der Waals surface area contributed by atoms with Crippen LogP contribution in [-0.4, -0.2) is 83.8 Å². The summed E-state index contributed by atoms with van der Waals surface area (Å²) in [4.78, 5) is 26.0. The van der Waals surface area contributed by atoms with Crippen molar-refractivity contribution in [1.82, 2.24) is 19.8 Å². The van der Waals surface area contributed by atoms with Crippen molar-refractivity contribution < 1.29 is 23.0 Å². The van der Waals surface area contributed by atoms with E-state index in [9.17, 15) is 14.4 Å². The number of carbonyl (C=O) groups is 1. The van der Waals surface area contributed by atoms with Gasteiger partial charge in [-0.1, -0.05) is 30.3 Å². The van der Waals surface area contributed by atoms with Crippen molar-refractivity contribution in [2.24, 2.45) is 5.84 Å². The molecule has 268 valence electrons. The zero-order valence-electron chi connectivity index (χ0n) is 29.4. The van der Waals surface area contributed by atoms with E-state index in [1.54, 1.807) is 55.3 Å². The highest BCUT2D eigenvalue weighted by Gasteiger charge is 2.36. The molecule has 4 aromatic rings. The largest absolute Gasteiger partial charge is 0.471 e. The summed E-state index contributed by atoms with van der Waals surface area (Å²) in [6.07, 6.45) is 6.78. The third-order valence-corrected chi connectivity index (χ3v) is 10.3. The minimum Gasteiger partial charge on any atom is -0.471 e. The van der Waals surface area contributed by atoms with Crippen LogP contribution < -0.4 is 21.3 Å². The molecule has 11 nitrogen and oxygen atoms in total. The normalized spacial score (nSPS) is 20.3. The Balaban J connectivity index is 1.47. The van der Waals surface area contributed by atoms with Crippen LogP contribution in [0.15, 0.2) is 48.7 Å². The second-order valence-corrected chi connectivity index (χ2v) is 13.5. The van der Waals surface area contributed by atoms with E-state index < -0.39 is 17.7 Å². The molecule has 51 heavy (non-hydrogen) atoms. The van der Waals surface area contributed by atoms with Gasteiger partial charge in [-0.15, -0.1) is 0 Å². The number of carbonyl (C=O) groups excluding carboxylic acids is 1. The van der Waals surface area contributed by atoms with Crippen LogP contribution in [-0.2, 0) is 9.53 Å². The summed E-state index contributed by atoms with van der Waals surface area (Å²) in [6.45, 7) is 5.28. The molecule has 0 spiro atoms. The lowest BCUT2D eigenvalue weighted by molar-refractivity contribution is -0.129. The Morgan fingerprint density at radius 3 is 2.69 bits per heavy atom. The Kier molecular flexibility index (Phi) is 10.7. The zero-order chi connectivity index (χ0) is 36.4. The van der Waals surface area contributed by atoms with Crippen LogP contribution >= 0.6 is 0 Å².